The summed E-state index contributed by atoms with van der Waals surface area (Å²) < 4.78 is 5.58. The molecule has 11 N–H and O–H groups in total. The van der Waals surface area contributed by atoms with E-state index in [1.165, 1.54) is 0 Å². The van der Waals surface area contributed by atoms with Crippen LogP contribution in [-0.2, 0) is 10.3 Å². The molecule has 0 radical (unpaired) electrons. The van der Waals surface area contributed by atoms with Gasteiger partial charge in [-0.15, -0.1) is 0 Å². The number of hydrogen-bond acceptors (Lipinski definition) is 13. The molecule has 1 aliphatic carbocycles. The Kier molecular flexibility index (Phi) is 9.15. The fraction of sp³-hybridized carbons (Fsp3) is 0.714. The van der Waals surface area contributed by atoms with E-state index >= 15 is 0 Å². The third-order valence-electron chi connectivity index (χ3n) is 6.20. The Morgan fingerprint density at radius 1 is 0.735 bits per heavy atom. The van der Waals surface area contributed by atoms with Crippen molar-refractivity contribution in [1.82, 2.24) is 4.90 Å². The molecule has 13 nitrogen and oxygen atoms in total. The molecule has 0 aliphatic heterocycles. The van der Waals surface area contributed by atoms with Gasteiger partial charge in [0.25, 0.3) is 0 Å². The van der Waals surface area contributed by atoms with Crippen molar-refractivity contribution in [2.45, 2.75) is 67.9 Å². The topological polar surface area (TPSA) is 235 Å². The fourth-order valence-electron chi connectivity index (χ4n) is 4.19. The highest BCUT2D eigenvalue weighted by Gasteiger charge is 2.64. The number of benzene rings is 1. The molecule has 1 aromatic rings. The van der Waals surface area contributed by atoms with Gasteiger partial charge >= 0.3 is 23.8 Å². The zero-order valence-corrected chi connectivity index (χ0v) is 18.6. The Bertz CT molecular complexity index is 729. The van der Waals surface area contributed by atoms with Gasteiger partial charge in [-0.1, -0.05) is 49.6 Å². The molecule has 0 bridgehead atoms. The molecule has 1 atom stereocenters. The van der Waals surface area contributed by atoms with Crippen molar-refractivity contribution in [3.63, 3.8) is 0 Å². The maximum Gasteiger partial charge on any atom is 0.349 e. The van der Waals surface area contributed by atoms with Crippen LogP contribution < -0.4 is 0 Å². The predicted molar refractivity (Wildman–Crippen MR) is 112 cm³/mol. The molecule has 1 saturated carbocycles. The molecule has 0 amide bonds. The molecule has 0 aromatic heterocycles. The maximum atomic E-state index is 11.5. The van der Waals surface area contributed by atoms with Gasteiger partial charge in [0.2, 0.25) is 0 Å². The second-order valence-corrected chi connectivity index (χ2v) is 8.72. The van der Waals surface area contributed by atoms with E-state index in [4.69, 9.17) is 35.4 Å². The Balaban J connectivity index is 2.10. The van der Waals surface area contributed by atoms with Crippen LogP contribution in [0.15, 0.2) is 30.3 Å². The lowest BCUT2D eigenvalue weighted by Crippen LogP contribution is -2.76. The van der Waals surface area contributed by atoms with Crippen molar-refractivity contribution in [3.8, 4) is 0 Å². The van der Waals surface area contributed by atoms with Crippen LogP contribution in [0.5, 0.6) is 0 Å². The minimum Gasteiger partial charge on any atom is -0.382 e. The quantitative estimate of drug-likeness (QED) is 0.101. The van der Waals surface area contributed by atoms with E-state index in [1.54, 1.807) is 30.3 Å². The zero-order chi connectivity index (χ0) is 25.8. The minimum absolute atomic E-state index is 0.0808. The minimum atomic E-state index is -4.40. The number of nitrogens with zero attached hydrogens (tertiary/aromatic N) is 1. The first-order valence-electron chi connectivity index (χ1n) is 10.9. The van der Waals surface area contributed by atoms with E-state index in [0.29, 0.717) is 5.56 Å². The lowest BCUT2D eigenvalue weighted by Gasteiger charge is -2.47. The van der Waals surface area contributed by atoms with Crippen LogP contribution in [0, 0.1) is 5.92 Å². The number of hydrogen-bond donors (Lipinski definition) is 11. The molecule has 34 heavy (non-hydrogen) atoms. The van der Waals surface area contributed by atoms with Crippen LogP contribution >= 0.6 is 0 Å². The lowest BCUT2D eigenvalue weighted by atomic mass is 9.74. The highest BCUT2D eigenvalue weighted by Crippen LogP contribution is 2.39. The van der Waals surface area contributed by atoms with Crippen molar-refractivity contribution < 1.29 is 60.9 Å². The van der Waals surface area contributed by atoms with Crippen molar-refractivity contribution in [1.29, 1.82) is 0 Å². The number of rotatable bonds is 12. The summed E-state index contributed by atoms with van der Waals surface area (Å²) >= 11 is 0. The Morgan fingerprint density at radius 2 is 1.24 bits per heavy atom. The summed E-state index contributed by atoms with van der Waals surface area (Å²) in [6, 6.07) is 8.90. The van der Waals surface area contributed by atoms with Gasteiger partial charge in [-0.25, -0.2) is 0 Å². The fourth-order valence-corrected chi connectivity index (χ4v) is 4.19. The Morgan fingerprint density at radius 3 is 1.71 bits per heavy atom. The van der Waals surface area contributed by atoms with Crippen LogP contribution in [0.4, 0.5) is 0 Å². The van der Waals surface area contributed by atoms with Gasteiger partial charge in [0.05, 0.1) is 6.61 Å². The SMILES string of the molecule is OC(O)(O)C(O)(O)N(CCCOC[C@](O)(c1ccccc1)C1CCCCC1)C(O)(O)C(O)(O)O. The second kappa shape index (κ2) is 10.8. The van der Waals surface area contributed by atoms with Crippen LogP contribution in [0.2, 0.25) is 0 Å². The predicted octanol–water partition coefficient (Wildman–Crippen LogP) is -3.30. The van der Waals surface area contributed by atoms with E-state index in [0.717, 1.165) is 32.1 Å². The average molecular weight is 494 g/mol. The summed E-state index contributed by atoms with van der Waals surface area (Å²) in [5, 5.41) is 106. The molecular weight excluding hydrogens is 458 g/mol. The molecule has 0 unspecified atom stereocenters. The van der Waals surface area contributed by atoms with E-state index < -0.39 is 40.8 Å². The largest absolute Gasteiger partial charge is 0.382 e. The van der Waals surface area contributed by atoms with Gasteiger partial charge in [0.15, 0.2) is 0 Å². The van der Waals surface area contributed by atoms with E-state index in [-0.39, 0.29) is 25.6 Å². The Hall–Kier alpha value is -1.30. The van der Waals surface area contributed by atoms with Gasteiger partial charge in [0.1, 0.15) is 5.60 Å². The van der Waals surface area contributed by atoms with Gasteiger partial charge in [-0.2, -0.15) is 4.90 Å². The van der Waals surface area contributed by atoms with Crippen molar-refractivity contribution in [3.05, 3.63) is 35.9 Å². The van der Waals surface area contributed by atoms with Gasteiger partial charge < -0.3 is 60.9 Å². The highest BCUT2D eigenvalue weighted by atomic mass is 16.8. The van der Waals surface area contributed by atoms with Crippen molar-refractivity contribution in [2.24, 2.45) is 5.92 Å². The molecule has 13 heteroatoms. The number of ether oxygens (including phenoxy) is 1. The molecule has 1 aromatic carbocycles. The summed E-state index contributed by atoms with van der Waals surface area (Å²) in [6.07, 6.45) is 4.19. The summed E-state index contributed by atoms with van der Waals surface area (Å²) in [4.78, 5) is -0.576. The van der Waals surface area contributed by atoms with Gasteiger partial charge in [0, 0.05) is 13.2 Å². The van der Waals surface area contributed by atoms with E-state index in [9.17, 15) is 25.5 Å². The maximum absolute atomic E-state index is 11.5. The van der Waals surface area contributed by atoms with Crippen LogP contribution in [0.1, 0.15) is 44.1 Å². The normalized spacial score (nSPS) is 18.8. The van der Waals surface area contributed by atoms with Crippen LogP contribution in [-0.4, -0.2) is 105 Å². The van der Waals surface area contributed by atoms with Crippen molar-refractivity contribution >= 4 is 0 Å². The first-order chi connectivity index (χ1) is 15.5. The van der Waals surface area contributed by atoms with Crippen molar-refractivity contribution in [2.75, 3.05) is 19.8 Å². The summed E-state index contributed by atoms with van der Waals surface area (Å²) in [7, 11) is 0. The second-order valence-electron chi connectivity index (χ2n) is 8.72. The molecule has 0 heterocycles. The molecule has 0 saturated heterocycles. The zero-order valence-electron chi connectivity index (χ0n) is 18.6. The molecule has 2 rings (SSSR count). The van der Waals surface area contributed by atoms with Gasteiger partial charge in [-0.3, -0.25) is 0 Å². The first-order valence-corrected chi connectivity index (χ1v) is 10.9. The standard InChI is InChI=1S/C21H35NO12/c23-17(15-8-3-1-4-9-15,16-10-5-2-6-11-16)14-34-13-7-12-22(18(24,25)20(28,29)30)19(26,27)21(31,32)33/h1,3-4,8-9,16,23-33H,2,5-7,10-14H2/t17-/m0/s1. The highest BCUT2D eigenvalue weighted by molar-refractivity contribution is 5.23. The monoisotopic (exact) mass is 493 g/mol. The smallest absolute Gasteiger partial charge is 0.349 e. The molecule has 196 valence electrons. The first kappa shape index (κ1) is 28.9. The number of aliphatic hydroxyl groups is 11. The Labute approximate surface area is 196 Å². The third-order valence-corrected chi connectivity index (χ3v) is 6.20. The van der Waals surface area contributed by atoms with Crippen LogP contribution in [0.25, 0.3) is 0 Å². The molecule has 1 fully saturated rings. The average Bonchev–Trinajstić information content (AvgIpc) is 2.75. The lowest BCUT2D eigenvalue weighted by molar-refractivity contribution is -0.562. The summed E-state index contributed by atoms with van der Waals surface area (Å²) in [5.41, 5.74) is -0.682. The van der Waals surface area contributed by atoms with E-state index in [1.807, 2.05) is 0 Å². The molecule has 1 aliphatic rings. The van der Waals surface area contributed by atoms with E-state index in [2.05, 4.69) is 0 Å². The summed E-state index contributed by atoms with van der Waals surface area (Å²) in [5.74, 6) is -17.5. The third kappa shape index (κ3) is 6.27. The molecule has 0 spiro atoms. The van der Waals surface area contributed by atoms with Crippen LogP contribution in [0.3, 0.4) is 0 Å². The van der Waals surface area contributed by atoms with Gasteiger partial charge in [-0.05, 0) is 30.7 Å². The molecular formula is C21H35NO12. The summed E-state index contributed by atoms with van der Waals surface area (Å²) in [6.45, 7) is -1.42.